The normalized spacial score (nSPS) is 13.2. The lowest BCUT2D eigenvalue weighted by atomic mass is 10.2. The highest BCUT2D eigenvalue weighted by Gasteiger charge is 2.18. The van der Waals surface area contributed by atoms with Gasteiger partial charge in [0.2, 0.25) is 10.0 Å². The minimum absolute atomic E-state index is 0.0378. The molecule has 0 saturated heterocycles. The highest BCUT2D eigenvalue weighted by atomic mass is 32.2. The molecule has 0 unspecified atom stereocenters. The van der Waals surface area contributed by atoms with E-state index in [0.29, 0.717) is 5.76 Å². The van der Waals surface area contributed by atoms with Crippen molar-refractivity contribution in [2.45, 2.75) is 24.1 Å². The molecule has 2 rings (SSSR count). The van der Waals surface area contributed by atoms with Crippen LogP contribution in [0.15, 0.2) is 32.2 Å². The maximum absolute atomic E-state index is 12.0. The van der Waals surface area contributed by atoms with E-state index in [-0.39, 0.29) is 21.7 Å². The van der Waals surface area contributed by atoms with Crippen LogP contribution in [-0.4, -0.2) is 14.3 Å². The molecular weight excluding hydrogens is 300 g/mol. The number of sulfonamides is 1. The largest absolute Gasteiger partial charge is 0.464 e. The summed E-state index contributed by atoms with van der Waals surface area (Å²) in [6, 6.07) is 4.54. The zero-order chi connectivity index (χ0) is 14.9. The highest BCUT2D eigenvalue weighted by Crippen LogP contribution is 2.20. The molecule has 2 aromatic heterocycles. The van der Waals surface area contributed by atoms with Crippen molar-refractivity contribution in [3.05, 3.63) is 40.7 Å². The molecule has 0 aliphatic heterocycles. The number of primary sulfonamides is 1. The maximum Gasteiger partial charge on any atom is 0.252 e. The Hall–Kier alpha value is -1.64. The average Bonchev–Trinajstić information content (AvgIpc) is 2.95. The summed E-state index contributed by atoms with van der Waals surface area (Å²) in [5.41, 5.74) is 0.258. The van der Waals surface area contributed by atoms with Gasteiger partial charge in [-0.15, -0.1) is 11.3 Å². The van der Waals surface area contributed by atoms with Crippen LogP contribution in [0.2, 0.25) is 0 Å². The van der Waals surface area contributed by atoms with E-state index < -0.39 is 10.0 Å². The van der Waals surface area contributed by atoms with Crippen molar-refractivity contribution in [2.24, 2.45) is 5.14 Å². The van der Waals surface area contributed by atoms with Gasteiger partial charge in [0.25, 0.3) is 5.91 Å². The Balaban J connectivity index is 2.10. The van der Waals surface area contributed by atoms with Gasteiger partial charge in [-0.1, -0.05) is 0 Å². The molecule has 0 aromatic carbocycles. The van der Waals surface area contributed by atoms with E-state index in [1.54, 1.807) is 13.0 Å². The molecule has 2 heterocycles. The maximum atomic E-state index is 12.0. The highest BCUT2D eigenvalue weighted by molar-refractivity contribution is 7.91. The molecule has 0 bridgehead atoms. The van der Waals surface area contributed by atoms with Crippen molar-refractivity contribution in [3.8, 4) is 0 Å². The van der Waals surface area contributed by atoms with E-state index in [4.69, 9.17) is 9.56 Å². The molecule has 1 atom stereocenters. The Morgan fingerprint density at radius 3 is 2.65 bits per heavy atom. The Morgan fingerprint density at radius 2 is 2.15 bits per heavy atom. The van der Waals surface area contributed by atoms with Gasteiger partial charge in [-0.05, 0) is 32.0 Å². The van der Waals surface area contributed by atoms with E-state index in [1.165, 1.54) is 11.4 Å². The fraction of sp³-hybridized carbons (Fsp3) is 0.250. The number of carbonyl (C=O) groups excluding carboxylic acids is 1. The van der Waals surface area contributed by atoms with Crippen LogP contribution in [0.25, 0.3) is 0 Å². The fourth-order valence-electron chi connectivity index (χ4n) is 1.62. The third kappa shape index (κ3) is 3.27. The minimum Gasteiger partial charge on any atom is -0.464 e. The second-order valence-corrected chi connectivity index (χ2v) is 7.04. The van der Waals surface area contributed by atoms with Crippen molar-refractivity contribution in [1.29, 1.82) is 0 Å². The van der Waals surface area contributed by atoms with Crippen LogP contribution in [0, 0.1) is 6.92 Å². The van der Waals surface area contributed by atoms with Gasteiger partial charge in [0.1, 0.15) is 15.7 Å². The summed E-state index contributed by atoms with van der Waals surface area (Å²) in [4.78, 5) is 12.0. The number of aryl methyl sites for hydroxylation is 1. The van der Waals surface area contributed by atoms with Crippen LogP contribution >= 0.6 is 11.3 Å². The summed E-state index contributed by atoms with van der Waals surface area (Å²) in [7, 11) is -3.77. The number of carbonyl (C=O) groups is 1. The van der Waals surface area contributed by atoms with Crippen molar-refractivity contribution < 1.29 is 17.6 Å². The minimum atomic E-state index is -3.77. The third-order valence-corrected chi connectivity index (χ3v) is 5.04. The van der Waals surface area contributed by atoms with Crippen molar-refractivity contribution in [3.63, 3.8) is 0 Å². The number of nitrogens with two attached hydrogens (primary N) is 1. The molecule has 2 aromatic rings. The molecule has 1 amide bonds. The van der Waals surface area contributed by atoms with Crippen molar-refractivity contribution >= 4 is 27.3 Å². The quantitative estimate of drug-likeness (QED) is 0.898. The number of rotatable bonds is 4. The van der Waals surface area contributed by atoms with Crippen molar-refractivity contribution in [1.82, 2.24) is 5.32 Å². The SMILES string of the molecule is Cc1ccc([C@H](C)NC(=O)c2csc(S(N)(=O)=O)c2)o1. The smallest absolute Gasteiger partial charge is 0.252 e. The number of thiophene rings is 1. The molecule has 0 aliphatic rings. The molecule has 20 heavy (non-hydrogen) atoms. The Bertz CT molecular complexity index is 730. The zero-order valence-corrected chi connectivity index (χ0v) is 12.5. The van der Waals surface area contributed by atoms with Gasteiger partial charge < -0.3 is 9.73 Å². The molecule has 6 nitrogen and oxygen atoms in total. The second-order valence-electron chi connectivity index (χ2n) is 4.34. The average molecular weight is 314 g/mol. The molecule has 0 spiro atoms. The lowest BCUT2D eigenvalue weighted by molar-refractivity contribution is 0.0935. The van der Waals surface area contributed by atoms with E-state index >= 15 is 0 Å². The molecule has 108 valence electrons. The van der Waals surface area contributed by atoms with Crippen LogP contribution in [0.4, 0.5) is 0 Å². The number of hydrogen-bond donors (Lipinski definition) is 2. The van der Waals surface area contributed by atoms with Gasteiger partial charge in [-0.2, -0.15) is 0 Å². The van der Waals surface area contributed by atoms with Crippen LogP contribution in [0.3, 0.4) is 0 Å². The molecule has 0 aliphatic carbocycles. The molecule has 0 radical (unpaired) electrons. The monoisotopic (exact) mass is 314 g/mol. The summed E-state index contributed by atoms with van der Waals surface area (Å²) in [6.45, 7) is 3.60. The number of furan rings is 1. The van der Waals surface area contributed by atoms with E-state index in [1.807, 2.05) is 13.0 Å². The molecular formula is C12H14N2O4S2. The van der Waals surface area contributed by atoms with Gasteiger partial charge in [0.05, 0.1) is 11.6 Å². The van der Waals surface area contributed by atoms with Gasteiger partial charge in [-0.3, -0.25) is 4.79 Å². The van der Waals surface area contributed by atoms with Gasteiger partial charge in [-0.25, -0.2) is 13.6 Å². The van der Waals surface area contributed by atoms with Gasteiger partial charge in [0.15, 0.2) is 0 Å². The number of amides is 1. The topological polar surface area (TPSA) is 102 Å². The molecule has 0 fully saturated rings. The van der Waals surface area contributed by atoms with E-state index in [2.05, 4.69) is 5.32 Å². The predicted molar refractivity (Wildman–Crippen MR) is 75.0 cm³/mol. The van der Waals surface area contributed by atoms with Crippen LogP contribution in [0.5, 0.6) is 0 Å². The second kappa shape index (κ2) is 5.39. The molecule has 0 saturated carbocycles. The van der Waals surface area contributed by atoms with Crippen LogP contribution in [-0.2, 0) is 10.0 Å². The Morgan fingerprint density at radius 1 is 1.45 bits per heavy atom. The molecule has 3 N–H and O–H groups in total. The first-order chi connectivity index (χ1) is 9.27. The third-order valence-electron chi connectivity index (χ3n) is 2.65. The summed E-state index contributed by atoms with van der Waals surface area (Å²) in [6.07, 6.45) is 0. The first-order valence-corrected chi connectivity index (χ1v) is 8.18. The zero-order valence-electron chi connectivity index (χ0n) is 10.9. The Kier molecular flexibility index (Phi) is 3.98. The van der Waals surface area contributed by atoms with Gasteiger partial charge >= 0.3 is 0 Å². The predicted octanol–water partition coefficient (Wildman–Crippen LogP) is 1.79. The van der Waals surface area contributed by atoms with E-state index in [0.717, 1.165) is 17.1 Å². The Labute approximate surface area is 120 Å². The van der Waals surface area contributed by atoms with Crippen LogP contribution in [0.1, 0.15) is 34.8 Å². The fourth-order valence-corrected chi connectivity index (χ4v) is 3.21. The first kappa shape index (κ1) is 14.8. The summed E-state index contributed by atoms with van der Waals surface area (Å²) in [5, 5.41) is 9.18. The number of hydrogen-bond acceptors (Lipinski definition) is 5. The van der Waals surface area contributed by atoms with E-state index in [9.17, 15) is 13.2 Å². The first-order valence-electron chi connectivity index (χ1n) is 5.76. The van der Waals surface area contributed by atoms with Crippen LogP contribution < -0.4 is 10.5 Å². The molecule has 8 heteroatoms. The lowest BCUT2D eigenvalue weighted by Gasteiger charge is -2.10. The summed E-state index contributed by atoms with van der Waals surface area (Å²) in [5.74, 6) is 1.02. The van der Waals surface area contributed by atoms with Crippen molar-refractivity contribution in [2.75, 3.05) is 0 Å². The summed E-state index contributed by atoms with van der Waals surface area (Å²) < 4.78 is 27.7. The standard InChI is InChI=1S/C12H14N2O4S2/c1-7-3-4-10(18-7)8(2)14-12(15)9-5-11(19-6-9)20(13,16)17/h3-6,8H,1-2H3,(H,14,15)(H2,13,16,17)/t8-/m0/s1. The summed E-state index contributed by atoms with van der Waals surface area (Å²) >= 11 is 0.915. The number of nitrogens with one attached hydrogen (secondary N) is 1. The van der Waals surface area contributed by atoms with Gasteiger partial charge in [0, 0.05) is 5.38 Å². The lowest BCUT2D eigenvalue weighted by Crippen LogP contribution is -2.26.